The third-order valence-electron chi connectivity index (χ3n) is 1.15. The van der Waals surface area contributed by atoms with E-state index in [0.29, 0.717) is 0 Å². The van der Waals surface area contributed by atoms with Crippen LogP contribution in [-0.2, 0) is 4.79 Å². The molecule has 0 unspecified atom stereocenters. The monoisotopic (exact) mass is 188 g/mol. The van der Waals surface area contributed by atoms with Crippen molar-refractivity contribution in [3.8, 4) is 5.75 Å². The minimum absolute atomic E-state index is 0.00546. The van der Waals surface area contributed by atoms with E-state index in [9.17, 15) is 9.18 Å². The van der Waals surface area contributed by atoms with Gasteiger partial charge in [0.25, 0.3) is 0 Å². The molecule has 4 heteroatoms. The van der Waals surface area contributed by atoms with Gasteiger partial charge in [-0.1, -0.05) is 11.6 Å². The summed E-state index contributed by atoms with van der Waals surface area (Å²) in [4.78, 5) is 10.4. The van der Waals surface area contributed by atoms with E-state index < -0.39 is 11.8 Å². The van der Waals surface area contributed by atoms with Gasteiger partial charge in [-0.15, -0.1) is 0 Å². The summed E-state index contributed by atoms with van der Waals surface area (Å²) in [6.45, 7) is 1.24. The first-order chi connectivity index (χ1) is 5.59. The smallest absolute Gasteiger partial charge is 0.308 e. The van der Waals surface area contributed by atoms with Gasteiger partial charge < -0.3 is 4.74 Å². The minimum Gasteiger partial charge on any atom is -0.427 e. The molecule has 0 aliphatic rings. The van der Waals surface area contributed by atoms with Crippen molar-refractivity contribution >= 4 is 17.6 Å². The lowest BCUT2D eigenvalue weighted by Gasteiger charge is -2.00. The molecule has 0 N–H and O–H groups in total. The van der Waals surface area contributed by atoms with Gasteiger partial charge in [0.1, 0.15) is 11.6 Å². The van der Waals surface area contributed by atoms with E-state index in [0.717, 1.165) is 6.07 Å². The summed E-state index contributed by atoms with van der Waals surface area (Å²) in [6, 6.07) is 3.81. The molecule has 0 fully saturated rings. The Morgan fingerprint density at radius 3 is 2.75 bits per heavy atom. The van der Waals surface area contributed by atoms with Gasteiger partial charge in [0, 0.05) is 13.0 Å². The molecule has 0 atom stereocenters. The zero-order chi connectivity index (χ0) is 9.14. The summed E-state index contributed by atoms with van der Waals surface area (Å²) in [7, 11) is 0. The molecule has 0 amide bonds. The number of ether oxygens (including phenoxy) is 1. The fraction of sp³-hybridized carbons (Fsp3) is 0.125. The fourth-order valence-corrected chi connectivity index (χ4v) is 0.824. The third-order valence-corrected chi connectivity index (χ3v) is 1.46. The Morgan fingerprint density at radius 2 is 2.25 bits per heavy atom. The second-order valence-electron chi connectivity index (χ2n) is 2.17. The first-order valence-corrected chi connectivity index (χ1v) is 3.61. The normalized spacial score (nSPS) is 9.58. The highest BCUT2D eigenvalue weighted by Crippen LogP contribution is 2.20. The van der Waals surface area contributed by atoms with E-state index in [1.165, 1.54) is 19.1 Å². The SMILES string of the molecule is CC(=O)Oc1ccc(Cl)c(F)c1. The van der Waals surface area contributed by atoms with E-state index >= 15 is 0 Å². The molecule has 0 aromatic heterocycles. The van der Waals surface area contributed by atoms with Crippen molar-refractivity contribution in [2.45, 2.75) is 6.92 Å². The van der Waals surface area contributed by atoms with Gasteiger partial charge in [-0.25, -0.2) is 4.39 Å². The van der Waals surface area contributed by atoms with Gasteiger partial charge in [0.05, 0.1) is 5.02 Å². The Hall–Kier alpha value is -1.09. The molecule has 0 aliphatic carbocycles. The highest BCUT2D eigenvalue weighted by Gasteiger charge is 2.02. The van der Waals surface area contributed by atoms with Crippen molar-refractivity contribution in [1.82, 2.24) is 0 Å². The van der Waals surface area contributed by atoms with Crippen LogP contribution in [0.25, 0.3) is 0 Å². The van der Waals surface area contributed by atoms with E-state index in [1.807, 2.05) is 0 Å². The van der Waals surface area contributed by atoms with E-state index in [-0.39, 0.29) is 10.8 Å². The number of rotatable bonds is 1. The second-order valence-corrected chi connectivity index (χ2v) is 2.58. The quantitative estimate of drug-likeness (QED) is 0.500. The summed E-state index contributed by atoms with van der Waals surface area (Å²) in [5, 5.41) is 0.00546. The lowest BCUT2D eigenvalue weighted by molar-refractivity contribution is -0.131. The Bertz CT molecular complexity index is 312. The van der Waals surface area contributed by atoms with Crippen LogP contribution in [0.15, 0.2) is 18.2 Å². The van der Waals surface area contributed by atoms with Crippen molar-refractivity contribution in [2.75, 3.05) is 0 Å². The maximum absolute atomic E-state index is 12.7. The van der Waals surface area contributed by atoms with Gasteiger partial charge in [0.2, 0.25) is 0 Å². The molecular weight excluding hydrogens is 183 g/mol. The number of carbonyl (C=O) groups is 1. The molecule has 1 aromatic rings. The largest absolute Gasteiger partial charge is 0.427 e. The summed E-state index contributed by atoms with van der Waals surface area (Å²) in [6.07, 6.45) is 0. The van der Waals surface area contributed by atoms with E-state index in [1.54, 1.807) is 0 Å². The van der Waals surface area contributed by atoms with Crippen molar-refractivity contribution < 1.29 is 13.9 Å². The van der Waals surface area contributed by atoms with Crippen LogP contribution in [0, 0.1) is 5.82 Å². The molecule has 0 heterocycles. The number of hydrogen-bond acceptors (Lipinski definition) is 2. The first-order valence-electron chi connectivity index (χ1n) is 3.23. The predicted octanol–water partition coefficient (Wildman–Crippen LogP) is 2.40. The summed E-state index contributed by atoms with van der Waals surface area (Å²) in [5.74, 6) is -0.934. The molecule has 0 saturated heterocycles. The number of carbonyl (C=O) groups excluding carboxylic acids is 1. The predicted molar refractivity (Wildman–Crippen MR) is 42.7 cm³/mol. The second kappa shape index (κ2) is 3.54. The zero-order valence-electron chi connectivity index (χ0n) is 6.30. The first kappa shape index (κ1) is 9.00. The Kier molecular flexibility index (Phi) is 2.65. The average molecular weight is 189 g/mol. The van der Waals surface area contributed by atoms with Crippen LogP contribution in [-0.4, -0.2) is 5.97 Å². The minimum atomic E-state index is -0.601. The molecule has 64 valence electrons. The molecule has 0 saturated carbocycles. The standard InChI is InChI=1S/C8H6ClFO2/c1-5(11)12-6-2-3-7(9)8(10)4-6/h2-4H,1H3. The Morgan fingerprint density at radius 1 is 1.58 bits per heavy atom. The van der Waals surface area contributed by atoms with Crippen LogP contribution in [0.3, 0.4) is 0 Å². The maximum Gasteiger partial charge on any atom is 0.308 e. The molecular formula is C8H6ClFO2. The fourth-order valence-electron chi connectivity index (χ4n) is 0.706. The molecule has 0 spiro atoms. The van der Waals surface area contributed by atoms with E-state index in [2.05, 4.69) is 4.74 Å². The number of benzene rings is 1. The maximum atomic E-state index is 12.7. The molecule has 0 bridgehead atoms. The Balaban J connectivity index is 2.89. The van der Waals surface area contributed by atoms with Crippen LogP contribution in [0.2, 0.25) is 5.02 Å². The van der Waals surface area contributed by atoms with Crippen molar-refractivity contribution in [3.63, 3.8) is 0 Å². The van der Waals surface area contributed by atoms with Crippen LogP contribution >= 0.6 is 11.6 Å². The van der Waals surface area contributed by atoms with Gasteiger partial charge in [-0.05, 0) is 12.1 Å². The molecule has 0 radical (unpaired) electrons. The van der Waals surface area contributed by atoms with Crippen molar-refractivity contribution in [1.29, 1.82) is 0 Å². The zero-order valence-corrected chi connectivity index (χ0v) is 7.06. The topological polar surface area (TPSA) is 26.3 Å². The molecule has 1 rings (SSSR count). The van der Waals surface area contributed by atoms with E-state index in [4.69, 9.17) is 11.6 Å². The number of halogens is 2. The Labute approximate surface area is 73.9 Å². The van der Waals surface area contributed by atoms with Crippen molar-refractivity contribution in [3.05, 3.63) is 29.0 Å². The van der Waals surface area contributed by atoms with Crippen LogP contribution in [0.1, 0.15) is 6.92 Å². The van der Waals surface area contributed by atoms with Crippen molar-refractivity contribution in [2.24, 2.45) is 0 Å². The third kappa shape index (κ3) is 2.20. The molecule has 12 heavy (non-hydrogen) atoms. The molecule has 2 nitrogen and oxygen atoms in total. The molecule has 0 aliphatic heterocycles. The van der Waals surface area contributed by atoms with Gasteiger partial charge in [-0.3, -0.25) is 4.79 Å². The van der Waals surface area contributed by atoms with Crippen LogP contribution in [0.5, 0.6) is 5.75 Å². The van der Waals surface area contributed by atoms with Crippen LogP contribution in [0.4, 0.5) is 4.39 Å². The summed E-state index contributed by atoms with van der Waals surface area (Å²) >= 11 is 5.40. The number of hydrogen-bond donors (Lipinski definition) is 0. The highest BCUT2D eigenvalue weighted by molar-refractivity contribution is 6.30. The molecule has 1 aromatic carbocycles. The van der Waals surface area contributed by atoms with Gasteiger partial charge in [-0.2, -0.15) is 0 Å². The highest BCUT2D eigenvalue weighted by atomic mass is 35.5. The average Bonchev–Trinajstić information content (AvgIpc) is 1.96. The lowest BCUT2D eigenvalue weighted by atomic mass is 10.3. The summed E-state index contributed by atoms with van der Waals surface area (Å²) in [5.41, 5.74) is 0. The van der Waals surface area contributed by atoms with Crippen LogP contribution < -0.4 is 4.74 Å². The summed E-state index contributed by atoms with van der Waals surface area (Å²) < 4.78 is 17.3. The van der Waals surface area contributed by atoms with Gasteiger partial charge >= 0.3 is 5.97 Å². The number of esters is 1. The lowest BCUT2D eigenvalue weighted by Crippen LogP contribution is -2.01. The van der Waals surface area contributed by atoms with Gasteiger partial charge in [0.15, 0.2) is 0 Å².